The molecule has 1 aromatic heterocycles. The number of H-pyrrole nitrogens is 1. The number of alkyl carbamates (subject to hydrolysis) is 1. The highest BCUT2D eigenvalue weighted by molar-refractivity contribution is 14.0. The smallest absolute Gasteiger partial charge is 0.407 e. The summed E-state index contributed by atoms with van der Waals surface area (Å²) in [5.74, 6) is 1.63. The van der Waals surface area contributed by atoms with Crippen molar-refractivity contribution in [3.8, 4) is 0 Å². The Bertz CT molecular complexity index is 736. The molecular weight excluding hydrogens is 471 g/mol. The number of aromatic amines is 1. The van der Waals surface area contributed by atoms with Gasteiger partial charge in [-0.15, -0.1) is 24.0 Å². The summed E-state index contributed by atoms with van der Waals surface area (Å²) >= 11 is 0. The Morgan fingerprint density at radius 3 is 2.57 bits per heavy atom. The number of aromatic nitrogens is 2. The van der Waals surface area contributed by atoms with E-state index in [4.69, 9.17) is 4.74 Å². The number of ether oxygens (including phenoxy) is 1. The van der Waals surface area contributed by atoms with Gasteiger partial charge in [0.05, 0.1) is 11.0 Å². The van der Waals surface area contributed by atoms with Crippen LogP contribution in [0.4, 0.5) is 4.79 Å². The third-order valence-electron chi connectivity index (χ3n) is 3.49. The zero-order valence-electron chi connectivity index (χ0n) is 17.0. The van der Waals surface area contributed by atoms with E-state index in [0.717, 1.165) is 29.8 Å². The number of nitrogens with zero attached hydrogens (tertiary/aromatic N) is 2. The summed E-state index contributed by atoms with van der Waals surface area (Å²) in [6.45, 7) is 9.88. The lowest BCUT2D eigenvalue weighted by Gasteiger charge is -2.19. The molecule has 0 radical (unpaired) electrons. The molecule has 0 aliphatic rings. The Morgan fingerprint density at radius 2 is 1.89 bits per heavy atom. The average Bonchev–Trinajstić information content (AvgIpc) is 2.99. The molecule has 0 aliphatic heterocycles. The second-order valence-corrected chi connectivity index (χ2v) is 7.07. The molecular formula is C19H31IN6O2. The predicted molar refractivity (Wildman–Crippen MR) is 123 cm³/mol. The molecule has 0 unspecified atom stereocenters. The van der Waals surface area contributed by atoms with Gasteiger partial charge in [0.15, 0.2) is 5.96 Å². The molecule has 28 heavy (non-hydrogen) atoms. The van der Waals surface area contributed by atoms with Gasteiger partial charge in [-0.3, -0.25) is 4.99 Å². The normalized spacial score (nSPS) is 11.6. The fourth-order valence-electron chi connectivity index (χ4n) is 2.40. The van der Waals surface area contributed by atoms with Crippen molar-refractivity contribution in [3.63, 3.8) is 0 Å². The zero-order chi connectivity index (χ0) is 19.7. The van der Waals surface area contributed by atoms with Gasteiger partial charge in [-0.1, -0.05) is 12.1 Å². The second kappa shape index (κ2) is 11.7. The summed E-state index contributed by atoms with van der Waals surface area (Å²) in [7, 11) is 0. The fourth-order valence-corrected chi connectivity index (χ4v) is 2.40. The number of fused-ring (bicyclic) bond motifs is 1. The van der Waals surface area contributed by atoms with Crippen LogP contribution in [0.1, 0.15) is 33.5 Å². The van der Waals surface area contributed by atoms with Crippen molar-refractivity contribution in [1.29, 1.82) is 0 Å². The van der Waals surface area contributed by atoms with Crippen LogP contribution in [-0.4, -0.2) is 53.8 Å². The standard InChI is InChI=1S/C19H30N6O2.HI/c1-5-20-17(22-12-13-23-18(26)27-19(2,3)4)21-11-10-16-24-14-8-6-7-9-15(14)25-16;/h6-9H,5,10-13H2,1-4H3,(H,23,26)(H,24,25)(H2,20,21,22);1H. The summed E-state index contributed by atoms with van der Waals surface area (Å²) in [6.07, 6.45) is 0.303. The molecule has 1 heterocycles. The Kier molecular flexibility index (Phi) is 10.0. The fraction of sp³-hybridized carbons (Fsp3) is 0.526. The van der Waals surface area contributed by atoms with Crippen LogP contribution in [0.5, 0.6) is 0 Å². The summed E-state index contributed by atoms with van der Waals surface area (Å²) in [4.78, 5) is 24.0. The van der Waals surface area contributed by atoms with Crippen LogP contribution in [0, 0.1) is 0 Å². The van der Waals surface area contributed by atoms with Crippen molar-refractivity contribution in [2.45, 2.75) is 39.7 Å². The van der Waals surface area contributed by atoms with Gasteiger partial charge >= 0.3 is 6.09 Å². The Labute approximate surface area is 183 Å². The van der Waals surface area contributed by atoms with Crippen molar-refractivity contribution >= 4 is 47.1 Å². The van der Waals surface area contributed by atoms with Crippen LogP contribution < -0.4 is 16.0 Å². The van der Waals surface area contributed by atoms with E-state index in [-0.39, 0.29) is 24.0 Å². The second-order valence-electron chi connectivity index (χ2n) is 7.07. The maximum atomic E-state index is 11.6. The number of hydrogen-bond donors (Lipinski definition) is 4. The van der Waals surface area contributed by atoms with E-state index in [0.29, 0.717) is 25.6 Å². The minimum atomic E-state index is -0.495. The maximum absolute atomic E-state index is 11.6. The lowest BCUT2D eigenvalue weighted by Crippen LogP contribution is -2.42. The molecule has 0 spiro atoms. The van der Waals surface area contributed by atoms with Gasteiger partial charge in [0.25, 0.3) is 0 Å². The summed E-state index contributed by atoms with van der Waals surface area (Å²) in [6, 6.07) is 7.96. The first-order valence-corrected chi connectivity index (χ1v) is 9.30. The van der Waals surface area contributed by atoms with Gasteiger partial charge in [-0.25, -0.2) is 9.78 Å². The van der Waals surface area contributed by atoms with Crippen LogP contribution >= 0.6 is 24.0 Å². The van der Waals surface area contributed by atoms with Gasteiger partial charge in [0.2, 0.25) is 0 Å². The number of benzene rings is 1. The third kappa shape index (κ3) is 8.77. The number of carbonyl (C=O) groups excluding carboxylic acids is 1. The van der Waals surface area contributed by atoms with E-state index in [1.807, 2.05) is 52.0 Å². The highest BCUT2D eigenvalue weighted by Crippen LogP contribution is 2.10. The molecule has 2 aromatic rings. The molecule has 0 atom stereocenters. The topological polar surface area (TPSA) is 103 Å². The van der Waals surface area contributed by atoms with Crippen molar-refractivity contribution < 1.29 is 9.53 Å². The first-order valence-electron chi connectivity index (χ1n) is 9.30. The molecule has 8 nitrogen and oxygen atoms in total. The lowest BCUT2D eigenvalue weighted by molar-refractivity contribution is 0.0529. The molecule has 4 N–H and O–H groups in total. The van der Waals surface area contributed by atoms with E-state index in [1.54, 1.807) is 0 Å². The average molecular weight is 502 g/mol. The number of aliphatic imine (C=N–C) groups is 1. The van der Waals surface area contributed by atoms with Crippen molar-refractivity contribution in [1.82, 2.24) is 25.9 Å². The highest BCUT2D eigenvalue weighted by atomic mass is 127. The first kappa shape index (κ1) is 24.0. The molecule has 156 valence electrons. The Morgan fingerprint density at radius 1 is 1.18 bits per heavy atom. The van der Waals surface area contributed by atoms with Gasteiger partial charge in [-0.05, 0) is 39.8 Å². The maximum Gasteiger partial charge on any atom is 0.407 e. The van der Waals surface area contributed by atoms with E-state index in [2.05, 4.69) is 30.9 Å². The minimum absolute atomic E-state index is 0. The number of nitrogens with one attached hydrogen (secondary N) is 4. The van der Waals surface area contributed by atoms with Gasteiger partial charge in [0, 0.05) is 32.6 Å². The number of carbonyl (C=O) groups is 1. The lowest BCUT2D eigenvalue weighted by atomic mass is 10.2. The first-order chi connectivity index (χ1) is 12.9. The highest BCUT2D eigenvalue weighted by Gasteiger charge is 2.15. The number of rotatable bonds is 7. The van der Waals surface area contributed by atoms with E-state index < -0.39 is 11.7 Å². The quantitative estimate of drug-likeness (QED) is 0.202. The van der Waals surface area contributed by atoms with Gasteiger partial charge in [-0.2, -0.15) is 0 Å². The van der Waals surface area contributed by atoms with Crippen LogP contribution in [0.3, 0.4) is 0 Å². The van der Waals surface area contributed by atoms with Crippen molar-refractivity contribution in [2.24, 2.45) is 4.99 Å². The summed E-state index contributed by atoms with van der Waals surface area (Å²) in [5, 5.41) is 9.09. The number of halogens is 1. The molecule has 0 aliphatic carbocycles. The molecule has 0 fully saturated rings. The number of guanidine groups is 1. The molecule has 0 saturated carbocycles. The molecule has 9 heteroatoms. The van der Waals surface area contributed by atoms with Crippen LogP contribution in [0.2, 0.25) is 0 Å². The van der Waals surface area contributed by atoms with Crippen LogP contribution in [0.15, 0.2) is 29.3 Å². The van der Waals surface area contributed by atoms with Crippen LogP contribution in [-0.2, 0) is 11.2 Å². The number of para-hydroxylation sites is 2. The zero-order valence-corrected chi connectivity index (χ0v) is 19.3. The van der Waals surface area contributed by atoms with E-state index >= 15 is 0 Å². The Balaban J connectivity index is 0.00000392. The molecule has 1 amide bonds. The van der Waals surface area contributed by atoms with Gasteiger partial charge in [0.1, 0.15) is 11.4 Å². The monoisotopic (exact) mass is 502 g/mol. The van der Waals surface area contributed by atoms with E-state index in [9.17, 15) is 4.79 Å². The number of hydrogen-bond acceptors (Lipinski definition) is 4. The molecule has 2 rings (SSSR count). The van der Waals surface area contributed by atoms with Crippen molar-refractivity contribution in [2.75, 3.05) is 26.2 Å². The SMILES string of the molecule is CCNC(=NCCc1nc2ccccc2[nH]1)NCCNC(=O)OC(C)(C)C.I. The summed E-state index contributed by atoms with van der Waals surface area (Å²) < 4.78 is 5.20. The van der Waals surface area contributed by atoms with Crippen LogP contribution in [0.25, 0.3) is 11.0 Å². The predicted octanol–water partition coefficient (Wildman–Crippen LogP) is 2.80. The Hall–Kier alpha value is -2.04. The van der Waals surface area contributed by atoms with E-state index in [1.165, 1.54) is 0 Å². The van der Waals surface area contributed by atoms with Crippen molar-refractivity contribution in [3.05, 3.63) is 30.1 Å². The summed E-state index contributed by atoms with van der Waals surface area (Å²) in [5.41, 5.74) is 1.51. The molecule has 0 bridgehead atoms. The minimum Gasteiger partial charge on any atom is -0.444 e. The molecule has 0 saturated heterocycles. The largest absolute Gasteiger partial charge is 0.444 e. The molecule has 1 aromatic carbocycles. The van der Waals surface area contributed by atoms with Gasteiger partial charge < -0.3 is 25.7 Å². The number of amides is 1. The number of imidazole rings is 1. The third-order valence-corrected chi connectivity index (χ3v) is 3.49.